The molecule has 0 rings (SSSR count). The van der Waals surface area contributed by atoms with Gasteiger partial charge in [-0.3, -0.25) is 0 Å². The highest BCUT2D eigenvalue weighted by atomic mass is 16.6. The van der Waals surface area contributed by atoms with Gasteiger partial charge >= 0.3 is 0 Å². The molecular formula is C8H19NO. The molecule has 0 spiro atoms. The number of hydrogen-bond acceptors (Lipinski definition) is 2. The number of hydrogen-bond donors (Lipinski definition) is 1. The number of rotatable bonds is 5. The lowest BCUT2D eigenvalue weighted by Crippen LogP contribution is -2.31. The van der Waals surface area contributed by atoms with Gasteiger partial charge in [-0.25, -0.2) is 0 Å². The van der Waals surface area contributed by atoms with Crippen molar-refractivity contribution in [1.29, 1.82) is 0 Å². The zero-order valence-electron chi connectivity index (χ0n) is 7.48. The van der Waals surface area contributed by atoms with E-state index in [0.717, 1.165) is 13.0 Å². The first kappa shape index (κ1) is 9.92. The zero-order chi connectivity index (χ0) is 7.98. The fourth-order valence-electron chi connectivity index (χ4n) is 0.429. The Morgan fingerprint density at radius 2 is 1.90 bits per heavy atom. The van der Waals surface area contributed by atoms with Crippen molar-refractivity contribution in [3.05, 3.63) is 0 Å². The lowest BCUT2D eigenvalue weighted by Gasteiger charge is -2.16. The summed E-state index contributed by atoms with van der Waals surface area (Å²) in [6.07, 6.45) is 1.07. The zero-order valence-corrected chi connectivity index (χ0v) is 7.48. The highest BCUT2D eigenvalue weighted by molar-refractivity contribution is 4.57. The molecular weight excluding hydrogens is 126 g/mol. The molecule has 0 amide bonds. The van der Waals surface area contributed by atoms with Crippen LogP contribution in [-0.4, -0.2) is 12.6 Å². The van der Waals surface area contributed by atoms with E-state index in [1.54, 1.807) is 0 Å². The molecule has 0 saturated heterocycles. The Bertz CT molecular complexity index is 73.7. The average molecular weight is 145 g/mol. The van der Waals surface area contributed by atoms with Crippen LogP contribution in [-0.2, 0) is 4.84 Å². The summed E-state index contributed by atoms with van der Waals surface area (Å²) in [7, 11) is 0. The van der Waals surface area contributed by atoms with Crippen molar-refractivity contribution in [2.75, 3.05) is 6.61 Å². The van der Waals surface area contributed by atoms with E-state index in [9.17, 15) is 0 Å². The maximum absolute atomic E-state index is 5.16. The molecule has 0 bridgehead atoms. The van der Waals surface area contributed by atoms with Gasteiger partial charge in [0, 0.05) is 6.04 Å². The summed E-state index contributed by atoms with van der Waals surface area (Å²) in [4.78, 5) is 5.16. The van der Waals surface area contributed by atoms with E-state index in [2.05, 4.69) is 33.2 Å². The summed E-state index contributed by atoms with van der Waals surface area (Å²) in [6.45, 7) is 9.37. The highest BCUT2D eigenvalue weighted by Crippen LogP contribution is 1.98. The summed E-state index contributed by atoms with van der Waals surface area (Å²) in [6, 6.07) is 0.451. The minimum absolute atomic E-state index is 0.451. The second kappa shape index (κ2) is 5.69. The largest absolute Gasteiger partial charge is 0.302 e. The molecule has 2 heteroatoms. The van der Waals surface area contributed by atoms with Gasteiger partial charge in [0.05, 0.1) is 6.61 Å². The number of hydroxylamine groups is 1. The fourth-order valence-corrected chi connectivity index (χ4v) is 0.429. The van der Waals surface area contributed by atoms with Crippen molar-refractivity contribution in [1.82, 2.24) is 5.48 Å². The molecule has 0 aliphatic carbocycles. The van der Waals surface area contributed by atoms with Gasteiger partial charge in [0.1, 0.15) is 0 Å². The molecule has 0 saturated carbocycles. The fraction of sp³-hybridized carbons (Fsp3) is 1.00. The maximum Gasteiger partial charge on any atom is 0.0679 e. The van der Waals surface area contributed by atoms with E-state index in [4.69, 9.17) is 4.84 Å². The van der Waals surface area contributed by atoms with E-state index < -0.39 is 0 Å². The summed E-state index contributed by atoms with van der Waals surface area (Å²) >= 11 is 0. The molecule has 0 radical (unpaired) electrons. The SMILES string of the molecule is CCCONC(C)C(C)C. The Kier molecular flexibility index (Phi) is 5.64. The summed E-state index contributed by atoms with van der Waals surface area (Å²) in [5.41, 5.74) is 2.98. The minimum Gasteiger partial charge on any atom is -0.302 e. The van der Waals surface area contributed by atoms with Crippen LogP contribution in [0.3, 0.4) is 0 Å². The van der Waals surface area contributed by atoms with E-state index in [1.807, 2.05) is 0 Å². The first-order valence-electron chi connectivity index (χ1n) is 4.05. The van der Waals surface area contributed by atoms with Crippen LogP contribution in [0.25, 0.3) is 0 Å². The van der Waals surface area contributed by atoms with E-state index in [1.165, 1.54) is 0 Å². The third-order valence-corrected chi connectivity index (χ3v) is 1.58. The van der Waals surface area contributed by atoms with Crippen molar-refractivity contribution in [2.24, 2.45) is 5.92 Å². The normalized spacial score (nSPS) is 14.1. The predicted octanol–water partition coefficient (Wildman–Crippen LogP) is 1.96. The molecule has 0 aromatic heterocycles. The topological polar surface area (TPSA) is 21.3 Å². The van der Waals surface area contributed by atoms with Gasteiger partial charge in [-0.1, -0.05) is 20.8 Å². The summed E-state index contributed by atoms with van der Waals surface area (Å²) in [5.74, 6) is 0.636. The molecule has 0 aromatic carbocycles. The monoisotopic (exact) mass is 145 g/mol. The van der Waals surface area contributed by atoms with Crippen molar-refractivity contribution in [3.8, 4) is 0 Å². The van der Waals surface area contributed by atoms with E-state index >= 15 is 0 Å². The average Bonchev–Trinajstić information content (AvgIpc) is 1.88. The van der Waals surface area contributed by atoms with Crippen molar-refractivity contribution in [3.63, 3.8) is 0 Å². The summed E-state index contributed by atoms with van der Waals surface area (Å²) < 4.78 is 0. The van der Waals surface area contributed by atoms with Crippen LogP contribution < -0.4 is 5.48 Å². The Morgan fingerprint density at radius 1 is 1.30 bits per heavy atom. The smallest absolute Gasteiger partial charge is 0.0679 e. The Balaban J connectivity index is 3.13. The predicted molar refractivity (Wildman–Crippen MR) is 43.7 cm³/mol. The lowest BCUT2D eigenvalue weighted by molar-refractivity contribution is 0.0101. The molecule has 62 valence electrons. The van der Waals surface area contributed by atoms with Crippen molar-refractivity contribution >= 4 is 0 Å². The molecule has 0 aromatic rings. The molecule has 0 aliphatic heterocycles. The highest BCUT2D eigenvalue weighted by Gasteiger charge is 2.04. The second-order valence-corrected chi connectivity index (χ2v) is 3.00. The van der Waals surface area contributed by atoms with Crippen LogP contribution in [0.15, 0.2) is 0 Å². The quantitative estimate of drug-likeness (QED) is 0.471. The Hall–Kier alpha value is -0.0800. The van der Waals surface area contributed by atoms with Crippen LogP contribution >= 0.6 is 0 Å². The second-order valence-electron chi connectivity index (χ2n) is 3.00. The van der Waals surface area contributed by atoms with Gasteiger partial charge in [-0.2, -0.15) is 5.48 Å². The third kappa shape index (κ3) is 4.77. The Morgan fingerprint density at radius 3 is 2.30 bits per heavy atom. The van der Waals surface area contributed by atoms with Crippen LogP contribution in [0.5, 0.6) is 0 Å². The minimum atomic E-state index is 0.451. The van der Waals surface area contributed by atoms with Crippen LogP contribution in [0.1, 0.15) is 34.1 Å². The van der Waals surface area contributed by atoms with E-state index in [-0.39, 0.29) is 0 Å². The first-order chi connectivity index (χ1) is 4.68. The molecule has 1 atom stereocenters. The molecule has 0 aliphatic rings. The molecule has 2 nitrogen and oxygen atoms in total. The number of nitrogens with one attached hydrogen (secondary N) is 1. The first-order valence-corrected chi connectivity index (χ1v) is 4.05. The van der Waals surface area contributed by atoms with E-state index in [0.29, 0.717) is 12.0 Å². The van der Waals surface area contributed by atoms with Crippen LogP contribution in [0, 0.1) is 5.92 Å². The van der Waals surface area contributed by atoms with Gasteiger partial charge in [0.15, 0.2) is 0 Å². The lowest BCUT2D eigenvalue weighted by atomic mass is 10.1. The van der Waals surface area contributed by atoms with Gasteiger partial charge in [-0.05, 0) is 19.3 Å². The van der Waals surface area contributed by atoms with Gasteiger partial charge in [0.25, 0.3) is 0 Å². The Labute approximate surface area is 63.9 Å². The van der Waals surface area contributed by atoms with Gasteiger partial charge in [0.2, 0.25) is 0 Å². The van der Waals surface area contributed by atoms with Crippen LogP contribution in [0.4, 0.5) is 0 Å². The maximum atomic E-state index is 5.16. The standard InChI is InChI=1S/C8H19NO/c1-5-6-10-9-8(4)7(2)3/h7-9H,5-6H2,1-4H3. The molecule has 0 fully saturated rings. The molecule has 1 N–H and O–H groups in total. The van der Waals surface area contributed by atoms with Crippen molar-refractivity contribution < 1.29 is 4.84 Å². The molecule has 10 heavy (non-hydrogen) atoms. The molecule has 0 heterocycles. The van der Waals surface area contributed by atoms with Crippen LogP contribution in [0.2, 0.25) is 0 Å². The third-order valence-electron chi connectivity index (χ3n) is 1.58. The molecule has 1 unspecified atom stereocenters. The van der Waals surface area contributed by atoms with Crippen molar-refractivity contribution in [2.45, 2.75) is 40.2 Å². The summed E-state index contributed by atoms with van der Waals surface area (Å²) in [5, 5.41) is 0. The van der Waals surface area contributed by atoms with Gasteiger partial charge in [-0.15, -0.1) is 0 Å². The van der Waals surface area contributed by atoms with Gasteiger partial charge < -0.3 is 4.84 Å².